The molecule has 100 valence electrons. The van der Waals surface area contributed by atoms with Crippen LogP contribution >= 0.6 is 11.8 Å². The lowest BCUT2D eigenvalue weighted by Gasteiger charge is -2.25. The molecule has 0 aliphatic heterocycles. The zero-order valence-corrected chi connectivity index (χ0v) is 11.5. The number of hydrogen-bond donors (Lipinski definition) is 1. The monoisotopic (exact) mass is 271 g/mol. The molecule has 2 N–H and O–H groups in total. The summed E-state index contributed by atoms with van der Waals surface area (Å²) < 4.78 is 0. The SMILES string of the molecule is CSCCC(C)N(C)c1nc(N)ncc1[N+](=O)[O-]. The average molecular weight is 271 g/mol. The van der Waals surface area contributed by atoms with Crippen molar-refractivity contribution in [1.29, 1.82) is 0 Å². The van der Waals surface area contributed by atoms with Crippen molar-refractivity contribution in [3.63, 3.8) is 0 Å². The summed E-state index contributed by atoms with van der Waals surface area (Å²) in [6.45, 7) is 2.00. The molecule has 1 heterocycles. The molecule has 0 spiro atoms. The van der Waals surface area contributed by atoms with Gasteiger partial charge in [-0.2, -0.15) is 16.7 Å². The van der Waals surface area contributed by atoms with E-state index in [1.165, 1.54) is 0 Å². The number of anilines is 2. The van der Waals surface area contributed by atoms with Crippen molar-refractivity contribution in [2.24, 2.45) is 0 Å². The number of rotatable bonds is 6. The van der Waals surface area contributed by atoms with Crippen LogP contribution in [0.4, 0.5) is 17.5 Å². The van der Waals surface area contributed by atoms with E-state index in [9.17, 15) is 10.1 Å². The maximum Gasteiger partial charge on any atom is 0.329 e. The van der Waals surface area contributed by atoms with Gasteiger partial charge in [-0.3, -0.25) is 10.1 Å². The first-order valence-corrected chi connectivity index (χ1v) is 6.85. The predicted molar refractivity (Wildman–Crippen MR) is 74.0 cm³/mol. The number of nitrogen functional groups attached to an aromatic ring is 1. The van der Waals surface area contributed by atoms with Gasteiger partial charge in [-0.15, -0.1) is 0 Å². The van der Waals surface area contributed by atoms with Crippen molar-refractivity contribution in [3.05, 3.63) is 16.3 Å². The van der Waals surface area contributed by atoms with E-state index in [0.29, 0.717) is 0 Å². The maximum atomic E-state index is 10.9. The second kappa shape index (κ2) is 6.39. The third-order valence-electron chi connectivity index (χ3n) is 2.70. The number of hydrogen-bond acceptors (Lipinski definition) is 7. The van der Waals surface area contributed by atoms with Gasteiger partial charge in [0.1, 0.15) is 6.20 Å². The van der Waals surface area contributed by atoms with Gasteiger partial charge < -0.3 is 10.6 Å². The molecule has 1 atom stereocenters. The van der Waals surface area contributed by atoms with Gasteiger partial charge >= 0.3 is 5.69 Å². The highest BCUT2D eigenvalue weighted by Crippen LogP contribution is 2.26. The fourth-order valence-corrected chi connectivity index (χ4v) is 2.04. The maximum absolute atomic E-state index is 10.9. The van der Waals surface area contributed by atoms with Gasteiger partial charge in [-0.25, -0.2) is 4.98 Å². The van der Waals surface area contributed by atoms with E-state index >= 15 is 0 Å². The minimum absolute atomic E-state index is 0.0412. The molecular weight excluding hydrogens is 254 g/mol. The molecule has 7 nitrogen and oxygen atoms in total. The van der Waals surface area contributed by atoms with E-state index in [1.54, 1.807) is 23.7 Å². The molecule has 18 heavy (non-hydrogen) atoms. The first-order chi connectivity index (χ1) is 8.47. The fraction of sp³-hybridized carbons (Fsp3) is 0.600. The molecule has 0 saturated heterocycles. The topological polar surface area (TPSA) is 98.2 Å². The summed E-state index contributed by atoms with van der Waals surface area (Å²) in [6, 6.07) is 0.144. The number of nitrogens with two attached hydrogens (primary N) is 1. The summed E-state index contributed by atoms with van der Waals surface area (Å²) in [7, 11) is 1.78. The van der Waals surface area contributed by atoms with Gasteiger partial charge in [0.2, 0.25) is 11.8 Å². The Labute approximate surface area is 110 Å². The molecule has 0 radical (unpaired) electrons. The van der Waals surface area contributed by atoms with Crippen LogP contribution in [0.2, 0.25) is 0 Å². The van der Waals surface area contributed by atoms with Gasteiger partial charge in [-0.1, -0.05) is 0 Å². The zero-order valence-electron chi connectivity index (χ0n) is 10.7. The van der Waals surface area contributed by atoms with Crippen molar-refractivity contribution in [1.82, 2.24) is 9.97 Å². The van der Waals surface area contributed by atoms with E-state index in [-0.39, 0.29) is 23.5 Å². The van der Waals surface area contributed by atoms with Crippen LogP contribution in [0.3, 0.4) is 0 Å². The second-order valence-electron chi connectivity index (χ2n) is 3.94. The van der Waals surface area contributed by atoms with Gasteiger partial charge in [0, 0.05) is 13.1 Å². The van der Waals surface area contributed by atoms with Crippen LogP contribution in [-0.2, 0) is 0 Å². The van der Waals surface area contributed by atoms with Crippen molar-refractivity contribution < 1.29 is 4.92 Å². The first kappa shape index (κ1) is 14.5. The average Bonchev–Trinajstić information content (AvgIpc) is 2.34. The molecule has 0 bridgehead atoms. The lowest BCUT2D eigenvalue weighted by atomic mass is 10.2. The van der Waals surface area contributed by atoms with E-state index in [1.807, 2.05) is 13.2 Å². The van der Waals surface area contributed by atoms with Gasteiger partial charge in [-0.05, 0) is 25.4 Å². The quantitative estimate of drug-likeness (QED) is 0.619. The number of aromatic nitrogens is 2. The largest absolute Gasteiger partial charge is 0.368 e. The molecule has 0 aromatic carbocycles. The van der Waals surface area contributed by atoms with Crippen molar-refractivity contribution >= 4 is 29.2 Å². The number of nitro groups is 1. The molecule has 0 saturated carbocycles. The molecule has 1 rings (SSSR count). The molecule has 0 amide bonds. The normalized spacial score (nSPS) is 12.2. The molecule has 8 heteroatoms. The van der Waals surface area contributed by atoms with Crippen LogP contribution in [0.15, 0.2) is 6.20 Å². The van der Waals surface area contributed by atoms with Crippen LogP contribution in [0.1, 0.15) is 13.3 Å². The summed E-state index contributed by atoms with van der Waals surface area (Å²) >= 11 is 1.74. The predicted octanol–water partition coefficient (Wildman–Crippen LogP) is 1.54. The Morgan fingerprint density at radius 2 is 2.33 bits per heavy atom. The molecule has 1 aromatic rings. The number of nitrogens with zero attached hydrogens (tertiary/aromatic N) is 4. The summed E-state index contributed by atoms with van der Waals surface area (Å²) in [5.41, 5.74) is 5.37. The lowest BCUT2D eigenvalue weighted by molar-refractivity contribution is -0.384. The third-order valence-corrected chi connectivity index (χ3v) is 3.34. The van der Waals surface area contributed by atoms with E-state index in [2.05, 4.69) is 9.97 Å². The smallest absolute Gasteiger partial charge is 0.329 e. The van der Waals surface area contributed by atoms with Crippen LogP contribution in [0.5, 0.6) is 0 Å². The molecular formula is C10H17N5O2S. The van der Waals surface area contributed by atoms with Crippen LogP contribution < -0.4 is 10.6 Å². The highest BCUT2D eigenvalue weighted by Gasteiger charge is 2.23. The van der Waals surface area contributed by atoms with E-state index in [0.717, 1.165) is 18.4 Å². The molecule has 0 aliphatic carbocycles. The van der Waals surface area contributed by atoms with Crippen LogP contribution in [-0.4, -0.2) is 40.0 Å². The third kappa shape index (κ3) is 3.46. The minimum atomic E-state index is -0.493. The van der Waals surface area contributed by atoms with Crippen molar-refractivity contribution in [2.45, 2.75) is 19.4 Å². The summed E-state index contributed by atoms with van der Waals surface area (Å²) in [4.78, 5) is 19.8. The fourth-order valence-electron chi connectivity index (χ4n) is 1.46. The minimum Gasteiger partial charge on any atom is -0.368 e. The highest BCUT2D eigenvalue weighted by atomic mass is 32.2. The van der Waals surface area contributed by atoms with Crippen molar-refractivity contribution in [3.8, 4) is 0 Å². The first-order valence-electron chi connectivity index (χ1n) is 5.46. The van der Waals surface area contributed by atoms with Gasteiger partial charge in [0.25, 0.3) is 0 Å². The Balaban J connectivity index is 2.99. The Morgan fingerprint density at radius 1 is 1.67 bits per heavy atom. The zero-order chi connectivity index (χ0) is 13.7. The Kier molecular flexibility index (Phi) is 5.14. The van der Waals surface area contributed by atoms with E-state index < -0.39 is 4.92 Å². The summed E-state index contributed by atoms with van der Waals surface area (Å²) in [5.74, 6) is 1.29. The molecule has 1 unspecified atom stereocenters. The Hall–Kier alpha value is -1.57. The number of thioether (sulfide) groups is 1. The Bertz CT molecular complexity index is 429. The van der Waals surface area contributed by atoms with Gasteiger partial charge in [0.05, 0.1) is 4.92 Å². The Morgan fingerprint density at radius 3 is 2.89 bits per heavy atom. The standard InChI is InChI=1S/C10H17N5O2S/c1-7(4-5-18-3)14(2)9-8(15(16)17)6-12-10(11)13-9/h6-7H,4-5H2,1-3H3,(H2,11,12,13). The summed E-state index contributed by atoms with van der Waals surface area (Å²) in [5, 5.41) is 10.9. The highest BCUT2D eigenvalue weighted by molar-refractivity contribution is 7.98. The molecule has 0 fully saturated rings. The lowest BCUT2D eigenvalue weighted by Crippen LogP contribution is -2.31. The second-order valence-corrected chi connectivity index (χ2v) is 4.92. The molecule has 0 aliphatic rings. The van der Waals surface area contributed by atoms with Crippen LogP contribution in [0.25, 0.3) is 0 Å². The summed E-state index contributed by atoms with van der Waals surface area (Å²) in [6.07, 6.45) is 4.09. The van der Waals surface area contributed by atoms with Crippen molar-refractivity contribution in [2.75, 3.05) is 29.7 Å². The van der Waals surface area contributed by atoms with Gasteiger partial charge in [0.15, 0.2) is 0 Å². The molecule has 1 aromatic heterocycles. The van der Waals surface area contributed by atoms with E-state index in [4.69, 9.17) is 5.73 Å². The van der Waals surface area contributed by atoms with Crippen LogP contribution in [0, 0.1) is 10.1 Å².